The fraction of sp³-hybridized carbons (Fsp3) is 0.652. The van der Waals surface area contributed by atoms with Gasteiger partial charge in [-0.1, -0.05) is 5.57 Å². The second kappa shape index (κ2) is 11.4. The maximum Gasteiger partial charge on any atom is 0.508 e. The number of nitrogens with zero attached hydrogens (tertiary/aromatic N) is 2. The van der Waals surface area contributed by atoms with Crippen LogP contribution in [0.15, 0.2) is 23.2 Å². The Hall–Kier alpha value is -2.67. The number of aliphatic hydroxyl groups is 3. The molecule has 35 heavy (non-hydrogen) atoms. The monoisotopic (exact) mass is 500 g/mol. The number of methoxy groups -OCH3 is 2. The van der Waals surface area contributed by atoms with Crippen LogP contribution in [-0.4, -0.2) is 82.8 Å². The fourth-order valence-corrected chi connectivity index (χ4v) is 4.09. The Morgan fingerprint density at radius 3 is 2.54 bits per heavy atom. The van der Waals surface area contributed by atoms with Crippen molar-refractivity contribution < 1.29 is 48.2 Å². The minimum absolute atomic E-state index is 0.0195. The topological polar surface area (TPSA) is 142 Å². The molecule has 0 radical (unpaired) electrons. The fourth-order valence-electron chi connectivity index (χ4n) is 4.09. The molecule has 3 N–H and O–H groups in total. The highest BCUT2D eigenvalue weighted by Gasteiger charge is 2.46. The van der Waals surface area contributed by atoms with Gasteiger partial charge < -0.3 is 39.0 Å². The molecule has 12 heteroatoms. The summed E-state index contributed by atoms with van der Waals surface area (Å²) in [5.74, 6) is 0.00679. The summed E-state index contributed by atoms with van der Waals surface area (Å²) in [6, 6.07) is -0.0195. The van der Waals surface area contributed by atoms with Crippen LogP contribution in [0.4, 0.5) is 9.18 Å². The molecule has 5 atom stereocenters. The highest BCUT2D eigenvalue weighted by atomic mass is 19.1. The molecule has 1 aromatic rings. The van der Waals surface area contributed by atoms with Crippen molar-refractivity contribution in [2.75, 3.05) is 20.8 Å². The third-order valence-corrected chi connectivity index (χ3v) is 6.08. The van der Waals surface area contributed by atoms with Crippen molar-refractivity contribution in [1.82, 2.24) is 9.78 Å². The van der Waals surface area contributed by atoms with Gasteiger partial charge in [0.25, 0.3) is 0 Å². The number of carbonyl (C=O) groups excluding carboxylic acids is 1. The molecular weight excluding hydrogens is 467 g/mol. The first-order valence-electron chi connectivity index (χ1n) is 11.3. The van der Waals surface area contributed by atoms with E-state index in [4.69, 9.17) is 18.9 Å². The third-order valence-electron chi connectivity index (χ3n) is 6.08. The molecule has 1 aliphatic heterocycles. The molecule has 1 fully saturated rings. The largest absolute Gasteiger partial charge is 0.508 e. The zero-order valence-corrected chi connectivity index (χ0v) is 20.4. The van der Waals surface area contributed by atoms with E-state index in [9.17, 15) is 24.5 Å². The van der Waals surface area contributed by atoms with Crippen LogP contribution >= 0.6 is 0 Å². The van der Waals surface area contributed by atoms with Crippen LogP contribution in [0.2, 0.25) is 0 Å². The normalized spacial score (nSPS) is 27.0. The number of hydrogen-bond acceptors (Lipinski definition) is 10. The maximum atomic E-state index is 14.3. The van der Waals surface area contributed by atoms with Crippen molar-refractivity contribution in [2.24, 2.45) is 0 Å². The summed E-state index contributed by atoms with van der Waals surface area (Å²) in [5.41, 5.74) is 2.26. The molecular formula is C23H33FN2O9. The van der Waals surface area contributed by atoms with Crippen LogP contribution < -0.4 is 4.74 Å². The lowest BCUT2D eigenvalue weighted by Crippen LogP contribution is -2.60. The van der Waals surface area contributed by atoms with Crippen molar-refractivity contribution in [3.05, 3.63) is 34.5 Å². The minimum atomic E-state index is -1.63. The number of allylic oxidation sites excluding steroid dienone is 4. The van der Waals surface area contributed by atoms with E-state index < -0.39 is 49.3 Å². The van der Waals surface area contributed by atoms with Gasteiger partial charge in [-0.05, 0) is 33.3 Å². The van der Waals surface area contributed by atoms with Crippen LogP contribution in [0.1, 0.15) is 44.0 Å². The van der Waals surface area contributed by atoms with E-state index in [1.165, 1.54) is 13.2 Å². The van der Waals surface area contributed by atoms with E-state index in [0.717, 1.165) is 18.4 Å². The van der Waals surface area contributed by atoms with Gasteiger partial charge in [-0.2, -0.15) is 0 Å². The lowest BCUT2D eigenvalue weighted by atomic mass is 9.96. The first kappa shape index (κ1) is 26.9. The molecule has 3 rings (SSSR count). The van der Waals surface area contributed by atoms with E-state index in [0.29, 0.717) is 30.6 Å². The van der Waals surface area contributed by atoms with Crippen molar-refractivity contribution in [1.29, 1.82) is 0 Å². The van der Waals surface area contributed by atoms with Crippen molar-refractivity contribution >= 4 is 6.16 Å². The van der Waals surface area contributed by atoms with Crippen LogP contribution in [0.5, 0.6) is 5.88 Å². The Morgan fingerprint density at radius 2 is 1.94 bits per heavy atom. The van der Waals surface area contributed by atoms with Crippen molar-refractivity contribution in [3.8, 4) is 5.88 Å². The summed E-state index contributed by atoms with van der Waals surface area (Å²) in [6.45, 7) is 5.29. The maximum absolute atomic E-state index is 14.3. The van der Waals surface area contributed by atoms with Crippen LogP contribution in [-0.2, 0) is 25.4 Å². The zero-order chi connectivity index (χ0) is 25.9. The van der Waals surface area contributed by atoms with Gasteiger partial charge >= 0.3 is 6.16 Å². The SMILES string of the molecule is COC(=O)OCC1O[C@@H](Oc2nn(C(C)C)c(C)c2CC2=CC(F)=C(OC)CC2)[C@H](O)[C@@H](O)[C@@H]1O. The first-order valence-corrected chi connectivity index (χ1v) is 11.3. The first-order chi connectivity index (χ1) is 16.6. The summed E-state index contributed by atoms with van der Waals surface area (Å²) in [5, 5.41) is 35.6. The molecule has 0 aromatic carbocycles. The number of halogens is 1. The molecule has 1 aromatic heterocycles. The second-order valence-corrected chi connectivity index (χ2v) is 8.76. The predicted octanol–water partition coefficient (Wildman–Crippen LogP) is 1.83. The molecule has 0 bridgehead atoms. The summed E-state index contributed by atoms with van der Waals surface area (Å²) >= 11 is 0. The number of aromatic nitrogens is 2. The van der Waals surface area contributed by atoms with E-state index in [2.05, 4.69) is 9.84 Å². The van der Waals surface area contributed by atoms with Crippen LogP contribution in [0.25, 0.3) is 0 Å². The molecule has 2 aliphatic rings. The molecule has 196 valence electrons. The molecule has 1 saturated heterocycles. The average molecular weight is 501 g/mol. The van der Waals surface area contributed by atoms with Gasteiger partial charge in [-0.25, -0.2) is 9.18 Å². The Bertz CT molecular complexity index is 974. The van der Waals surface area contributed by atoms with Crippen LogP contribution in [0, 0.1) is 6.92 Å². The van der Waals surface area contributed by atoms with Gasteiger partial charge in [0.15, 0.2) is 5.83 Å². The molecule has 11 nitrogen and oxygen atoms in total. The van der Waals surface area contributed by atoms with Crippen LogP contribution in [0.3, 0.4) is 0 Å². The van der Waals surface area contributed by atoms with E-state index in [-0.39, 0.29) is 11.9 Å². The average Bonchev–Trinajstić information content (AvgIpc) is 3.13. The highest BCUT2D eigenvalue weighted by Crippen LogP contribution is 2.34. The Labute approximate surface area is 202 Å². The molecule has 1 unspecified atom stereocenters. The smallest absolute Gasteiger partial charge is 0.498 e. The van der Waals surface area contributed by atoms with Gasteiger partial charge in [0.1, 0.15) is 36.8 Å². The van der Waals surface area contributed by atoms with Crippen molar-refractivity contribution in [3.63, 3.8) is 0 Å². The van der Waals surface area contributed by atoms with E-state index >= 15 is 0 Å². The van der Waals surface area contributed by atoms with Gasteiger partial charge in [-0.3, -0.25) is 4.68 Å². The Balaban J connectivity index is 1.86. The molecule has 0 amide bonds. The molecule has 0 spiro atoms. The van der Waals surface area contributed by atoms with E-state index in [1.807, 2.05) is 20.8 Å². The number of rotatable bonds is 8. The lowest BCUT2D eigenvalue weighted by molar-refractivity contribution is -0.278. The van der Waals surface area contributed by atoms with Crippen molar-refractivity contribution in [2.45, 2.75) is 76.8 Å². The standard InChI is InChI=1S/C23H33FN2O9/c1-11(2)26-12(3)14(8-13-6-7-16(31-4)15(24)9-13)21(25-26)35-22-20(29)19(28)18(27)17(34-22)10-33-23(30)32-5/h9,11,17-20,22,27-29H,6-8,10H2,1-5H3/t17?,18-,19+,20-,22+/m1/s1. The molecule has 2 heterocycles. The van der Waals surface area contributed by atoms with Gasteiger partial charge in [-0.15, -0.1) is 5.10 Å². The highest BCUT2D eigenvalue weighted by molar-refractivity contribution is 5.59. The second-order valence-electron chi connectivity index (χ2n) is 8.76. The minimum Gasteiger partial charge on any atom is -0.498 e. The summed E-state index contributed by atoms with van der Waals surface area (Å²) in [4.78, 5) is 11.3. The van der Waals surface area contributed by atoms with E-state index in [1.54, 1.807) is 4.68 Å². The third kappa shape index (κ3) is 5.95. The molecule has 0 saturated carbocycles. The Kier molecular flexibility index (Phi) is 8.75. The molecule has 1 aliphatic carbocycles. The zero-order valence-electron chi connectivity index (χ0n) is 20.4. The lowest BCUT2D eigenvalue weighted by Gasteiger charge is -2.39. The van der Waals surface area contributed by atoms with Gasteiger partial charge in [0.05, 0.1) is 14.2 Å². The van der Waals surface area contributed by atoms with Gasteiger partial charge in [0.2, 0.25) is 12.2 Å². The quantitative estimate of drug-likeness (QED) is 0.453. The number of aliphatic hydroxyl groups excluding tert-OH is 3. The summed E-state index contributed by atoms with van der Waals surface area (Å²) in [6.07, 6.45) is -5.62. The van der Waals surface area contributed by atoms with Gasteiger partial charge in [0, 0.05) is 30.1 Å². The summed E-state index contributed by atoms with van der Waals surface area (Å²) in [7, 11) is 2.56. The Morgan fingerprint density at radius 1 is 1.23 bits per heavy atom. The summed E-state index contributed by atoms with van der Waals surface area (Å²) < 4.78 is 41.8. The number of carbonyl (C=O) groups is 1. The predicted molar refractivity (Wildman–Crippen MR) is 119 cm³/mol. The number of hydrogen-bond donors (Lipinski definition) is 3. The number of ether oxygens (including phenoxy) is 5.